The molecule has 0 aliphatic carbocycles. The molecule has 0 bridgehead atoms. The van der Waals surface area contributed by atoms with Crippen LogP contribution in [-0.2, 0) is 0 Å². The molecule has 1 atom stereocenters. The maximum atomic E-state index is 12.5. The Kier molecular flexibility index (Phi) is 5.41. The quantitative estimate of drug-likeness (QED) is 0.887. The van der Waals surface area contributed by atoms with E-state index < -0.39 is 0 Å². The predicted molar refractivity (Wildman–Crippen MR) is 83.1 cm³/mol. The van der Waals surface area contributed by atoms with E-state index in [0.717, 1.165) is 44.6 Å². The van der Waals surface area contributed by atoms with Crippen LogP contribution in [0, 0.1) is 6.92 Å². The maximum Gasteiger partial charge on any atom is 0.322 e. The van der Waals surface area contributed by atoms with Crippen LogP contribution in [0.4, 0.5) is 10.5 Å². The lowest BCUT2D eigenvalue weighted by atomic mass is 10.1. The number of carbonyl (C=O) groups excluding carboxylic acids is 1. The summed E-state index contributed by atoms with van der Waals surface area (Å²) in [6, 6.07) is 8.27. The summed E-state index contributed by atoms with van der Waals surface area (Å²) in [4.78, 5) is 14.5. The molecular weight excluding hydrogens is 250 g/mol. The van der Waals surface area contributed by atoms with Crippen molar-refractivity contribution in [1.29, 1.82) is 0 Å². The number of hydrogen-bond donors (Lipinski definition) is 2. The van der Waals surface area contributed by atoms with Gasteiger partial charge in [-0.05, 0) is 44.9 Å². The SMILES string of the molecule is CCCN(C(=O)Nc1ccc(C)cc1)C1CCCNC1. The third kappa shape index (κ3) is 3.97. The van der Waals surface area contributed by atoms with Gasteiger partial charge in [-0.15, -0.1) is 0 Å². The Labute approximate surface area is 121 Å². The summed E-state index contributed by atoms with van der Waals surface area (Å²) in [6.45, 7) is 6.94. The van der Waals surface area contributed by atoms with Gasteiger partial charge in [0, 0.05) is 24.8 Å². The zero-order valence-corrected chi connectivity index (χ0v) is 12.5. The van der Waals surface area contributed by atoms with Crippen molar-refractivity contribution in [3.8, 4) is 0 Å². The number of nitrogens with zero attached hydrogens (tertiary/aromatic N) is 1. The molecule has 2 rings (SSSR count). The number of urea groups is 1. The monoisotopic (exact) mass is 275 g/mol. The van der Waals surface area contributed by atoms with Gasteiger partial charge in [0.2, 0.25) is 0 Å². The van der Waals surface area contributed by atoms with Gasteiger partial charge in [0.15, 0.2) is 0 Å². The Hall–Kier alpha value is -1.55. The summed E-state index contributed by atoms with van der Waals surface area (Å²) in [7, 11) is 0. The molecular formula is C16H25N3O. The van der Waals surface area contributed by atoms with Gasteiger partial charge < -0.3 is 15.5 Å². The van der Waals surface area contributed by atoms with E-state index in [1.165, 1.54) is 5.56 Å². The number of benzene rings is 1. The number of piperidine rings is 1. The molecule has 1 saturated heterocycles. The first kappa shape index (κ1) is 14.9. The normalized spacial score (nSPS) is 18.6. The molecule has 1 aliphatic heterocycles. The Morgan fingerprint density at radius 3 is 2.75 bits per heavy atom. The van der Waals surface area contributed by atoms with Gasteiger partial charge in [0.25, 0.3) is 0 Å². The molecule has 0 saturated carbocycles. The summed E-state index contributed by atoms with van der Waals surface area (Å²) >= 11 is 0. The van der Waals surface area contributed by atoms with Gasteiger partial charge in [-0.2, -0.15) is 0 Å². The molecule has 0 radical (unpaired) electrons. The Balaban J connectivity index is 2.00. The molecule has 1 aliphatic rings. The lowest BCUT2D eigenvalue weighted by Gasteiger charge is -2.34. The zero-order chi connectivity index (χ0) is 14.4. The van der Waals surface area contributed by atoms with Crippen molar-refractivity contribution in [3.05, 3.63) is 29.8 Å². The van der Waals surface area contributed by atoms with Crippen molar-refractivity contribution < 1.29 is 4.79 Å². The highest BCUT2D eigenvalue weighted by Gasteiger charge is 2.24. The fourth-order valence-electron chi connectivity index (χ4n) is 2.62. The number of carbonyl (C=O) groups is 1. The summed E-state index contributed by atoms with van der Waals surface area (Å²) < 4.78 is 0. The van der Waals surface area contributed by atoms with Crippen molar-refractivity contribution in [2.24, 2.45) is 0 Å². The van der Waals surface area contributed by atoms with E-state index in [1.54, 1.807) is 0 Å². The molecule has 2 amide bonds. The van der Waals surface area contributed by atoms with Gasteiger partial charge >= 0.3 is 6.03 Å². The van der Waals surface area contributed by atoms with Crippen LogP contribution < -0.4 is 10.6 Å². The van der Waals surface area contributed by atoms with Crippen molar-refractivity contribution in [3.63, 3.8) is 0 Å². The smallest absolute Gasteiger partial charge is 0.320 e. The minimum Gasteiger partial charge on any atom is -0.320 e. The van der Waals surface area contributed by atoms with Crippen LogP contribution >= 0.6 is 0 Å². The number of rotatable bonds is 4. The molecule has 2 N–H and O–H groups in total. The molecule has 20 heavy (non-hydrogen) atoms. The Morgan fingerprint density at radius 2 is 2.15 bits per heavy atom. The number of nitrogens with one attached hydrogen (secondary N) is 2. The van der Waals surface area contributed by atoms with Gasteiger partial charge in [-0.25, -0.2) is 4.79 Å². The number of anilines is 1. The summed E-state index contributed by atoms with van der Waals surface area (Å²) in [5, 5.41) is 6.39. The first-order valence-electron chi connectivity index (χ1n) is 7.55. The number of aryl methyl sites for hydroxylation is 1. The minimum absolute atomic E-state index is 0.0180. The highest BCUT2D eigenvalue weighted by Crippen LogP contribution is 2.14. The van der Waals surface area contributed by atoms with E-state index in [4.69, 9.17) is 0 Å². The zero-order valence-electron chi connectivity index (χ0n) is 12.5. The van der Waals surface area contributed by atoms with Crippen LogP contribution in [0.2, 0.25) is 0 Å². The van der Waals surface area contributed by atoms with Gasteiger partial charge in [0.05, 0.1) is 0 Å². The molecule has 4 nitrogen and oxygen atoms in total. The predicted octanol–water partition coefficient (Wildman–Crippen LogP) is 2.99. The molecule has 4 heteroatoms. The molecule has 1 aromatic carbocycles. The first-order valence-corrected chi connectivity index (χ1v) is 7.55. The third-order valence-corrected chi connectivity index (χ3v) is 3.74. The average Bonchev–Trinajstić information content (AvgIpc) is 2.48. The van der Waals surface area contributed by atoms with E-state index in [-0.39, 0.29) is 6.03 Å². The molecule has 1 fully saturated rings. The Bertz CT molecular complexity index is 424. The molecule has 0 spiro atoms. The van der Waals surface area contributed by atoms with Gasteiger partial charge in [-0.1, -0.05) is 24.6 Å². The summed E-state index contributed by atoms with van der Waals surface area (Å²) in [6.07, 6.45) is 3.22. The van der Waals surface area contributed by atoms with E-state index >= 15 is 0 Å². The van der Waals surface area contributed by atoms with Crippen molar-refractivity contribution in [2.45, 2.75) is 39.2 Å². The largest absolute Gasteiger partial charge is 0.322 e. The lowest BCUT2D eigenvalue weighted by molar-refractivity contribution is 0.173. The fraction of sp³-hybridized carbons (Fsp3) is 0.562. The molecule has 1 aromatic rings. The molecule has 1 unspecified atom stereocenters. The maximum absolute atomic E-state index is 12.5. The van der Waals surface area contributed by atoms with Crippen LogP contribution in [0.5, 0.6) is 0 Å². The van der Waals surface area contributed by atoms with Crippen LogP contribution in [0.15, 0.2) is 24.3 Å². The van der Waals surface area contributed by atoms with E-state index in [1.807, 2.05) is 36.1 Å². The van der Waals surface area contributed by atoms with E-state index in [9.17, 15) is 4.79 Å². The minimum atomic E-state index is 0.0180. The molecule has 0 aromatic heterocycles. The van der Waals surface area contributed by atoms with Crippen LogP contribution in [0.25, 0.3) is 0 Å². The van der Waals surface area contributed by atoms with Gasteiger partial charge in [0.1, 0.15) is 0 Å². The highest BCUT2D eigenvalue weighted by molar-refractivity contribution is 5.89. The average molecular weight is 275 g/mol. The van der Waals surface area contributed by atoms with Crippen molar-refractivity contribution in [1.82, 2.24) is 10.2 Å². The second kappa shape index (κ2) is 7.29. The first-order chi connectivity index (χ1) is 9.70. The fourth-order valence-corrected chi connectivity index (χ4v) is 2.62. The van der Waals surface area contributed by atoms with Crippen LogP contribution in [0.1, 0.15) is 31.7 Å². The second-order valence-electron chi connectivity index (χ2n) is 5.49. The summed E-state index contributed by atoms with van der Waals surface area (Å²) in [5.74, 6) is 0. The topological polar surface area (TPSA) is 44.4 Å². The lowest BCUT2D eigenvalue weighted by Crippen LogP contribution is -2.50. The van der Waals surface area contributed by atoms with Gasteiger partial charge in [-0.3, -0.25) is 0 Å². The van der Waals surface area contributed by atoms with Crippen molar-refractivity contribution >= 4 is 11.7 Å². The summed E-state index contributed by atoms with van der Waals surface area (Å²) in [5.41, 5.74) is 2.07. The third-order valence-electron chi connectivity index (χ3n) is 3.74. The molecule has 1 heterocycles. The standard InChI is InChI=1S/C16H25N3O/c1-3-11-19(15-5-4-10-17-12-15)16(20)18-14-8-6-13(2)7-9-14/h6-9,15,17H,3-5,10-12H2,1-2H3,(H,18,20). The number of amides is 2. The van der Waals surface area contributed by atoms with Crippen LogP contribution in [0.3, 0.4) is 0 Å². The molecule has 110 valence electrons. The highest BCUT2D eigenvalue weighted by atomic mass is 16.2. The van der Waals surface area contributed by atoms with Crippen molar-refractivity contribution in [2.75, 3.05) is 25.0 Å². The Morgan fingerprint density at radius 1 is 1.40 bits per heavy atom. The number of hydrogen-bond acceptors (Lipinski definition) is 2. The van der Waals surface area contributed by atoms with E-state index in [0.29, 0.717) is 6.04 Å². The van der Waals surface area contributed by atoms with E-state index in [2.05, 4.69) is 17.6 Å². The van der Waals surface area contributed by atoms with Crippen LogP contribution in [-0.4, -0.2) is 36.6 Å². The second-order valence-corrected chi connectivity index (χ2v) is 5.49.